The van der Waals surface area contributed by atoms with E-state index < -0.39 is 0 Å². The average Bonchev–Trinajstić information content (AvgIpc) is 3.11. The minimum absolute atomic E-state index is 0.153. The second-order valence-electron chi connectivity index (χ2n) is 6.37. The SMILES string of the molecule is Fc1cc(Br)cnc1N1CCC(Nc2nccc(N3CCOCC3)n2)C1. The van der Waals surface area contributed by atoms with E-state index in [1.54, 1.807) is 12.4 Å². The lowest BCUT2D eigenvalue weighted by atomic mass is 10.3. The van der Waals surface area contributed by atoms with Crippen LogP contribution in [0.25, 0.3) is 0 Å². The Balaban J connectivity index is 1.40. The van der Waals surface area contributed by atoms with Gasteiger partial charge in [-0.1, -0.05) is 0 Å². The molecule has 0 amide bonds. The summed E-state index contributed by atoms with van der Waals surface area (Å²) in [5.74, 6) is 1.58. The Morgan fingerprint density at radius 2 is 2.04 bits per heavy atom. The molecule has 4 heterocycles. The molecular weight excluding hydrogens is 403 g/mol. The van der Waals surface area contributed by atoms with E-state index in [0.29, 0.717) is 22.8 Å². The summed E-state index contributed by atoms with van der Waals surface area (Å²) in [4.78, 5) is 17.3. The van der Waals surface area contributed by atoms with Crippen molar-refractivity contribution in [3.05, 3.63) is 34.8 Å². The van der Waals surface area contributed by atoms with E-state index in [-0.39, 0.29) is 11.9 Å². The monoisotopic (exact) mass is 422 g/mol. The highest BCUT2D eigenvalue weighted by Gasteiger charge is 2.26. The molecule has 0 saturated carbocycles. The van der Waals surface area contributed by atoms with Crippen LogP contribution in [0.4, 0.5) is 22.0 Å². The van der Waals surface area contributed by atoms with Crippen LogP contribution >= 0.6 is 15.9 Å². The Bertz CT molecular complexity index is 773. The first-order valence-corrected chi connectivity index (χ1v) is 9.46. The fourth-order valence-electron chi connectivity index (χ4n) is 3.28. The van der Waals surface area contributed by atoms with Crippen molar-refractivity contribution in [1.82, 2.24) is 15.0 Å². The maximum atomic E-state index is 14.1. The highest BCUT2D eigenvalue weighted by Crippen LogP contribution is 2.25. The summed E-state index contributed by atoms with van der Waals surface area (Å²) in [7, 11) is 0. The molecule has 2 aliphatic rings. The van der Waals surface area contributed by atoms with Gasteiger partial charge in [0.2, 0.25) is 5.95 Å². The molecule has 0 radical (unpaired) electrons. The summed E-state index contributed by atoms with van der Waals surface area (Å²) < 4.78 is 20.1. The highest BCUT2D eigenvalue weighted by molar-refractivity contribution is 9.10. The predicted molar refractivity (Wildman–Crippen MR) is 101 cm³/mol. The first-order chi connectivity index (χ1) is 12.7. The molecule has 0 bridgehead atoms. The number of hydrogen-bond acceptors (Lipinski definition) is 7. The Hall–Kier alpha value is -2.00. The van der Waals surface area contributed by atoms with Crippen molar-refractivity contribution in [2.75, 3.05) is 54.5 Å². The Morgan fingerprint density at radius 1 is 1.19 bits per heavy atom. The van der Waals surface area contributed by atoms with Crippen molar-refractivity contribution in [2.24, 2.45) is 0 Å². The van der Waals surface area contributed by atoms with Crippen LogP contribution in [0.15, 0.2) is 29.0 Å². The molecule has 1 atom stereocenters. The molecule has 7 nitrogen and oxygen atoms in total. The van der Waals surface area contributed by atoms with Crippen LogP contribution in [0, 0.1) is 5.82 Å². The first-order valence-electron chi connectivity index (χ1n) is 8.67. The molecular formula is C17H20BrFN6O. The minimum Gasteiger partial charge on any atom is -0.378 e. The summed E-state index contributed by atoms with van der Waals surface area (Å²) in [6.07, 6.45) is 4.26. The third-order valence-electron chi connectivity index (χ3n) is 4.59. The van der Waals surface area contributed by atoms with E-state index in [2.05, 4.69) is 41.1 Å². The number of ether oxygens (including phenoxy) is 1. The van der Waals surface area contributed by atoms with E-state index in [1.807, 2.05) is 11.0 Å². The highest BCUT2D eigenvalue weighted by atomic mass is 79.9. The molecule has 2 aromatic rings. The zero-order chi connectivity index (χ0) is 17.9. The van der Waals surface area contributed by atoms with Gasteiger partial charge in [0.1, 0.15) is 5.82 Å². The third kappa shape index (κ3) is 3.88. The van der Waals surface area contributed by atoms with E-state index in [4.69, 9.17) is 4.74 Å². The van der Waals surface area contributed by atoms with Gasteiger partial charge in [0, 0.05) is 49.1 Å². The Morgan fingerprint density at radius 3 is 2.85 bits per heavy atom. The summed E-state index contributed by atoms with van der Waals surface area (Å²) in [5, 5.41) is 3.37. The van der Waals surface area contributed by atoms with Crippen molar-refractivity contribution in [3.63, 3.8) is 0 Å². The lowest BCUT2D eigenvalue weighted by Crippen LogP contribution is -2.37. The number of halogens is 2. The summed E-state index contributed by atoms with van der Waals surface area (Å²) in [6.45, 7) is 4.51. The van der Waals surface area contributed by atoms with Gasteiger partial charge in [0.05, 0.1) is 13.2 Å². The number of morpholine rings is 1. The lowest BCUT2D eigenvalue weighted by molar-refractivity contribution is 0.122. The zero-order valence-corrected chi connectivity index (χ0v) is 15.8. The number of nitrogens with one attached hydrogen (secondary N) is 1. The normalized spacial score (nSPS) is 20.5. The molecule has 26 heavy (non-hydrogen) atoms. The largest absolute Gasteiger partial charge is 0.378 e. The van der Waals surface area contributed by atoms with Gasteiger partial charge in [-0.25, -0.2) is 14.4 Å². The predicted octanol–water partition coefficient (Wildman–Crippen LogP) is 2.30. The van der Waals surface area contributed by atoms with E-state index in [0.717, 1.165) is 45.1 Å². The van der Waals surface area contributed by atoms with Gasteiger partial charge in [0.25, 0.3) is 0 Å². The molecule has 9 heteroatoms. The summed E-state index contributed by atoms with van der Waals surface area (Å²) in [5.41, 5.74) is 0. The van der Waals surface area contributed by atoms with Crippen molar-refractivity contribution < 1.29 is 9.13 Å². The van der Waals surface area contributed by atoms with Crippen LogP contribution in [0.3, 0.4) is 0 Å². The molecule has 0 aliphatic carbocycles. The molecule has 138 valence electrons. The van der Waals surface area contributed by atoms with Crippen LogP contribution in [0.1, 0.15) is 6.42 Å². The van der Waals surface area contributed by atoms with Crippen molar-refractivity contribution in [2.45, 2.75) is 12.5 Å². The number of aromatic nitrogens is 3. The van der Waals surface area contributed by atoms with Gasteiger partial charge in [-0.3, -0.25) is 0 Å². The second kappa shape index (κ2) is 7.71. The molecule has 4 rings (SSSR count). The Kier molecular flexibility index (Phi) is 5.16. The van der Waals surface area contributed by atoms with Gasteiger partial charge >= 0.3 is 0 Å². The van der Waals surface area contributed by atoms with Crippen LogP contribution in [0.5, 0.6) is 0 Å². The van der Waals surface area contributed by atoms with E-state index in [1.165, 1.54) is 6.07 Å². The van der Waals surface area contributed by atoms with E-state index in [9.17, 15) is 4.39 Å². The summed E-state index contributed by atoms with van der Waals surface area (Å²) in [6, 6.07) is 3.51. The number of hydrogen-bond donors (Lipinski definition) is 1. The van der Waals surface area contributed by atoms with Gasteiger partial charge in [-0.2, -0.15) is 4.98 Å². The summed E-state index contributed by atoms with van der Waals surface area (Å²) >= 11 is 3.24. The third-order valence-corrected chi connectivity index (χ3v) is 5.02. The average molecular weight is 423 g/mol. The maximum absolute atomic E-state index is 14.1. The molecule has 0 aromatic carbocycles. The fourth-order valence-corrected chi connectivity index (χ4v) is 3.58. The Labute approximate surface area is 159 Å². The van der Waals surface area contributed by atoms with Crippen molar-refractivity contribution in [3.8, 4) is 0 Å². The van der Waals surface area contributed by atoms with Gasteiger partial charge in [-0.05, 0) is 34.5 Å². The fraction of sp³-hybridized carbons (Fsp3) is 0.471. The minimum atomic E-state index is -0.314. The van der Waals surface area contributed by atoms with Crippen molar-refractivity contribution >= 4 is 33.5 Å². The van der Waals surface area contributed by atoms with E-state index >= 15 is 0 Å². The molecule has 1 unspecified atom stereocenters. The van der Waals surface area contributed by atoms with Crippen LogP contribution < -0.4 is 15.1 Å². The number of rotatable bonds is 4. The van der Waals surface area contributed by atoms with Crippen LogP contribution in [-0.2, 0) is 4.74 Å². The van der Waals surface area contributed by atoms with Crippen LogP contribution in [0.2, 0.25) is 0 Å². The number of pyridine rings is 1. The van der Waals surface area contributed by atoms with Crippen LogP contribution in [-0.4, -0.2) is 60.4 Å². The smallest absolute Gasteiger partial charge is 0.224 e. The topological polar surface area (TPSA) is 66.4 Å². The lowest BCUT2D eigenvalue weighted by Gasteiger charge is -2.28. The number of nitrogens with zero attached hydrogens (tertiary/aromatic N) is 5. The van der Waals surface area contributed by atoms with Gasteiger partial charge < -0.3 is 19.9 Å². The standard InChI is InChI=1S/C17H20BrFN6O/c18-12-9-14(19)16(21-10-12)25-4-2-13(11-25)22-17-20-3-1-15(23-17)24-5-7-26-8-6-24/h1,3,9-10,13H,2,4-8,11H2,(H,20,22,23). The molecule has 0 spiro atoms. The molecule has 2 saturated heterocycles. The molecule has 2 fully saturated rings. The van der Waals surface area contributed by atoms with Crippen molar-refractivity contribution in [1.29, 1.82) is 0 Å². The first kappa shape index (κ1) is 17.4. The second-order valence-corrected chi connectivity index (χ2v) is 7.29. The quantitative estimate of drug-likeness (QED) is 0.810. The maximum Gasteiger partial charge on any atom is 0.224 e. The molecule has 1 N–H and O–H groups in total. The van der Waals surface area contributed by atoms with Gasteiger partial charge in [0.15, 0.2) is 11.6 Å². The molecule has 2 aromatic heterocycles. The zero-order valence-electron chi connectivity index (χ0n) is 14.2. The number of anilines is 3. The van der Waals surface area contributed by atoms with Gasteiger partial charge in [-0.15, -0.1) is 0 Å². The molecule has 2 aliphatic heterocycles.